The summed E-state index contributed by atoms with van der Waals surface area (Å²) >= 11 is 0. The van der Waals surface area contributed by atoms with Crippen molar-refractivity contribution in [1.29, 1.82) is 5.26 Å². The van der Waals surface area contributed by atoms with E-state index in [1.165, 1.54) is 0 Å². The Labute approximate surface area is 181 Å². The van der Waals surface area contributed by atoms with Crippen LogP contribution in [0.25, 0.3) is 0 Å². The van der Waals surface area contributed by atoms with E-state index in [1.54, 1.807) is 0 Å². The van der Waals surface area contributed by atoms with Gasteiger partial charge in [-0.05, 0) is 24.0 Å². The van der Waals surface area contributed by atoms with Crippen LogP contribution in [0.15, 0.2) is 60.7 Å². The molecule has 2 aromatic carbocycles. The molecule has 8 nitrogen and oxygen atoms in total. The van der Waals surface area contributed by atoms with Crippen LogP contribution in [0.4, 0.5) is 4.79 Å². The van der Waals surface area contributed by atoms with E-state index in [0.29, 0.717) is 6.42 Å². The molecule has 3 amide bonds. The van der Waals surface area contributed by atoms with Crippen LogP contribution >= 0.6 is 0 Å². The Kier molecular flexibility index (Phi) is 9.56. The van der Waals surface area contributed by atoms with E-state index in [9.17, 15) is 14.4 Å². The highest BCUT2D eigenvalue weighted by Crippen LogP contribution is 2.07. The number of unbranched alkanes of at least 4 members (excludes halogenated alkanes) is 1. The van der Waals surface area contributed by atoms with Crippen LogP contribution in [-0.4, -0.2) is 30.0 Å². The first-order valence-electron chi connectivity index (χ1n) is 9.97. The first-order chi connectivity index (χ1) is 15.0. The second kappa shape index (κ2) is 12.6. The zero-order valence-corrected chi connectivity index (χ0v) is 17.1. The lowest BCUT2D eigenvalue weighted by molar-refractivity contribution is -0.128. The second-order valence-corrected chi connectivity index (χ2v) is 6.96. The Hall–Kier alpha value is -3.86. The highest BCUT2D eigenvalue weighted by atomic mass is 16.5. The van der Waals surface area contributed by atoms with E-state index in [0.717, 1.165) is 11.1 Å². The topological polar surface area (TPSA) is 134 Å². The van der Waals surface area contributed by atoms with Gasteiger partial charge in [0.25, 0.3) is 0 Å². The molecule has 31 heavy (non-hydrogen) atoms. The SMILES string of the molecule is N#CCCC[C@H](NC(=O)[C@@H](Cc1ccccc1)NC(=O)OCc1ccccc1)C(N)=O. The highest BCUT2D eigenvalue weighted by Gasteiger charge is 2.26. The molecule has 2 rings (SSSR count). The summed E-state index contributed by atoms with van der Waals surface area (Å²) in [6, 6.07) is 18.4. The normalized spacial score (nSPS) is 12.1. The smallest absolute Gasteiger partial charge is 0.408 e. The molecule has 0 aliphatic carbocycles. The molecule has 0 radical (unpaired) electrons. The Morgan fingerprint density at radius 2 is 1.55 bits per heavy atom. The number of ether oxygens (including phenoxy) is 1. The fourth-order valence-electron chi connectivity index (χ4n) is 2.91. The first kappa shape index (κ1) is 23.4. The van der Waals surface area contributed by atoms with Crippen molar-refractivity contribution in [2.24, 2.45) is 5.73 Å². The van der Waals surface area contributed by atoms with Crippen LogP contribution in [0, 0.1) is 11.3 Å². The number of hydrogen-bond donors (Lipinski definition) is 3. The standard InChI is InChI=1S/C23H26N4O4/c24-14-8-7-13-19(21(25)28)26-22(29)20(15-17-9-3-1-4-10-17)27-23(30)31-16-18-11-5-2-6-12-18/h1-6,9-12,19-20H,7-8,13,15-16H2,(H2,25,28)(H,26,29)(H,27,30)/t19-,20+/m0/s1. The molecule has 0 unspecified atom stereocenters. The Morgan fingerprint density at radius 3 is 2.13 bits per heavy atom. The van der Waals surface area contributed by atoms with E-state index < -0.39 is 30.0 Å². The van der Waals surface area contributed by atoms with Crippen molar-refractivity contribution < 1.29 is 19.1 Å². The average Bonchev–Trinajstić information content (AvgIpc) is 2.78. The van der Waals surface area contributed by atoms with Crippen LogP contribution in [0.3, 0.4) is 0 Å². The predicted molar refractivity (Wildman–Crippen MR) is 114 cm³/mol. The number of nitrogens with zero attached hydrogens (tertiary/aromatic N) is 1. The Morgan fingerprint density at radius 1 is 0.935 bits per heavy atom. The largest absolute Gasteiger partial charge is 0.445 e. The van der Waals surface area contributed by atoms with Crippen molar-refractivity contribution in [1.82, 2.24) is 10.6 Å². The quantitative estimate of drug-likeness (QED) is 0.477. The van der Waals surface area contributed by atoms with E-state index in [2.05, 4.69) is 10.6 Å². The molecule has 8 heteroatoms. The minimum atomic E-state index is -0.969. The van der Waals surface area contributed by atoms with Gasteiger partial charge in [0.1, 0.15) is 18.7 Å². The lowest BCUT2D eigenvalue weighted by Gasteiger charge is -2.22. The van der Waals surface area contributed by atoms with Gasteiger partial charge in [-0.25, -0.2) is 4.79 Å². The van der Waals surface area contributed by atoms with Gasteiger partial charge in [-0.15, -0.1) is 0 Å². The molecule has 0 saturated carbocycles. The maximum atomic E-state index is 12.9. The Balaban J connectivity index is 2.04. The monoisotopic (exact) mass is 422 g/mol. The molecule has 0 saturated heterocycles. The summed E-state index contributed by atoms with van der Waals surface area (Å²) in [6.45, 7) is 0.0599. The molecular formula is C23H26N4O4. The van der Waals surface area contributed by atoms with Crippen LogP contribution in [0.2, 0.25) is 0 Å². The van der Waals surface area contributed by atoms with Gasteiger partial charge in [0.05, 0.1) is 6.07 Å². The predicted octanol–water partition coefficient (Wildman–Crippen LogP) is 2.19. The number of nitrogens with two attached hydrogens (primary N) is 1. The van der Waals surface area contributed by atoms with Crippen molar-refractivity contribution >= 4 is 17.9 Å². The van der Waals surface area contributed by atoms with Gasteiger partial charge < -0.3 is 21.1 Å². The molecule has 0 aliphatic rings. The molecular weight excluding hydrogens is 396 g/mol. The number of hydrogen-bond acceptors (Lipinski definition) is 5. The lowest BCUT2D eigenvalue weighted by atomic mass is 10.0. The van der Waals surface area contributed by atoms with Crippen molar-refractivity contribution in [3.8, 4) is 6.07 Å². The fraction of sp³-hybridized carbons (Fsp3) is 0.304. The fourth-order valence-corrected chi connectivity index (χ4v) is 2.91. The molecule has 0 heterocycles. The molecule has 162 valence electrons. The molecule has 0 bridgehead atoms. The van der Waals surface area contributed by atoms with Crippen molar-refractivity contribution in [3.05, 3.63) is 71.8 Å². The molecule has 0 fully saturated rings. The highest BCUT2D eigenvalue weighted by molar-refractivity contribution is 5.90. The summed E-state index contributed by atoms with van der Waals surface area (Å²) < 4.78 is 5.22. The minimum Gasteiger partial charge on any atom is -0.445 e. The summed E-state index contributed by atoms with van der Waals surface area (Å²) in [5.41, 5.74) is 7.02. The maximum absolute atomic E-state index is 12.9. The zero-order valence-electron chi connectivity index (χ0n) is 17.1. The number of carbonyl (C=O) groups excluding carboxylic acids is 3. The van der Waals surface area contributed by atoms with Gasteiger partial charge >= 0.3 is 6.09 Å². The molecule has 0 spiro atoms. The summed E-state index contributed by atoms with van der Waals surface area (Å²) in [6.07, 6.45) is 0.361. The number of rotatable bonds is 11. The van der Waals surface area contributed by atoms with Gasteiger partial charge in [0.2, 0.25) is 11.8 Å². The van der Waals surface area contributed by atoms with Gasteiger partial charge in [0, 0.05) is 12.8 Å². The zero-order chi connectivity index (χ0) is 22.5. The number of primary amides is 1. The third kappa shape index (κ3) is 8.58. The van der Waals surface area contributed by atoms with Gasteiger partial charge in [0.15, 0.2) is 0 Å². The second-order valence-electron chi connectivity index (χ2n) is 6.96. The van der Waals surface area contributed by atoms with Crippen LogP contribution in [0.1, 0.15) is 30.4 Å². The molecule has 4 N–H and O–H groups in total. The Bertz CT molecular complexity index is 897. The van der Waals surface area contributed by atoms with Gasteiger partial charge in [-0.2, -0.15) is 5.26 Å². The number of nitrogens with one attached hydrogen (secondary N) is 2. The molecule has 0 aromatic heterocycles. The number of nitriles is 1. The summed E-state index contributed by atoms with van der Waals surface area (Å²) in [5, 5.41) is 13.8. The molecule has 0 aliphatic heterocycles. The third-order valence-corrected chi connectivity index (χ3v) is 4.55. The van der Waals surface area contributed by atoms with E-state index in [1.807, 2.05) is 66.7 Å². The number of alkyl carbamates (subject to hydrolysis) is 1. The number of carbonyl (C=O) groups is 3. The third-order valence-electron chi connectivity index (χ3n) is 4.55. The van der Waals surface area contributed by atoms with E-state index >= 15 is 0 Å². The number of amides is 3. The van der Waals surface area contributed by atoms with Gasteiger partial charge in [-0.3, -0.25) is 9.59 Å². The van der Waals surface area contributed by atoms with Gasteiger partial charge in [-0.1, -0.05) is 60.7 Å². The summed E-state index contributed by atoms with van der Waals surface area (Å²) in [7, 11) is 0. The lowest BCUT2D eigenvalue weighted by Crippen LogP contribution is -2.53. The maximum Gasteiger partial charge on any atom is 0.408 e. The molecule has 2 atom stereocenters. The van der Waals surface area contributed by atoms with E-state index in [4.69, 9.17) is 15.7 Å². The summed E-state index contributed by atoms with van der Waals surface area (Å²) in [5.74, 6) is -1.25. The minimum absolute atomic E-state index is 0.0599. The van der Waals surface area contributed by atoms with Crippen molar-refractivity contribution in [2.75, 3.05) is 0 Å². The van der Waals surface area contributed by atoms with Crippen LogP contribution in [-0.2, 0) is 27.4 Å². The molecule has 2 aromatic rings. The summed E-state index contributed by atoms with van der Waals surface area (Å²) in [4.78, 5) is 36.9. The van der Waals surface area contributed by atoms with Crippen molar-refractivity contribution in [2.45, 2.75) is 44.4 Å². The first-order valence-corrected chi connectivity index (χ1v) is 9.97. The number of benzene rings is 2. The average molecular weight is 422 g/mol. The van der Waals surface area contributed by atoms with Crippen LogP contribution in [0.5, 0.6) is 0 Å². The van der Waals surface area contributed by atoms with E-state index in [-0.39, 0.29) is 25.9 Å². The van der Waals surface area contributed by atoms with Crippen LogP contribution < -0.4 is 16.4 Å². The van der Waals surface area contributed by atoms with Crippen molar-refractivity contribution in [3.63, 3.8) is 0 Å².